The fourth-order valence-electron chi connectivity index (χ4n) is 3.01. The van der Waals surface area contributed by atoms with Gasteiger partial charge in [-0.25, -0.2) is 8.42 Å². The summed E-state index contributed by atoms with van der Waals surface area (Å²) in [6.07, 6.45) is 0.837. The molecule has 1 N–H and O–H groups in total. The van der Waals surface area contributed by atoms with Crippen LogP contribution in [0.25, 0.3) is 11.0 Å². The van der Waals surface area contributed by atoms with Crippen LogP contribution in [0.2, 0.25) is 0 Å². The number of fused-ring (bicyclic) bond motifs is 3. The highest BCUT2D eigenvalue weighted by Crippen LogP contribution is 2.31. The molecule has 0 fully saturated rings. The van der Waals surface area contributed by atoms with Gasteiger partial charge in [0, 0.05) is 30.5 Å². The van der Waals surface area contributed by atoms with Crippen molar-refractivity contribution in [3.8, 4) is 0 Å². The van der Waals surface area contributed by atoms with Crippen molar-refractivity contribution in [1.29, 1.82) is 0 Å². The molecule has 0 radical (unpaired) electrons. The summed E-state index contributed by atoms with van der Waals surface area (Å²) in [5, 5.41) is 4.20. The van der Waals surface area contributed by atoms with E-state index in [9.17, 15) is 8.42 Å². The van der Waals surface area contributed by atoms with Gasteiger partial charge in [-0.05, 0) is 37.3 Å². The molecule has 3 aromatic rings. The summed E-state index contributed by atoms with van der Waals surface area (Å²) in [5.74, 6) is 0.962. The molecule has 23 heavy (non-hydrogen) atoms. The summed E-state index contributed by atoms with van der Waals surface area (Å²) in [7, 11) is -3.51. The highest BCUT2D eigenvalue weighted by Gasteiger charge is 2.22. The molecular formula is C18H17NO3S. The first-order valence-corrected chi connectivity index (χ1v) is 9.11. The number of rotatable bonds is 2. The second-order valence-corrected chi connectivity index (χ2v) is 7.85. The fraction of sp³-hybridized carbons (Fsp3) is 0.222. The average Bonchev–Trinajstić information content (AvgIpc) is 2.93. The molecule has 0 amide bonds. The molecule has 0 saturated heterocycles. The van der Waals surface area contributed by atoms with Gasteiger partial charge < -0.3 is 9.73 Å². The molecule has 1 aliphatic heterocycles. The van der Waals surface area contributed by atoms with Crippen LogP contribution in [0.15, 0.2) is 56.7 Å². The van der Waals surface area contributed by atoms with Gasteiger partial charge >= 0.3 is 0 Å². The van der Waals surface area contributed by atoms with Crippen molar-refractivity contribution < 1.29 is 12.8 Å². The number of aryl methyl sites for hydroxylation is 1. The van der Waals surface area contributed by atoms with Crippen molar-refractivity contribution >= 4 is 20.8 Å². The third-order valence-corrected chi connectivity index (χ3v) is 6.09. The van der Waals surface area contributed by atoms with E-state index in [0.29, 0.717) is 9.79 Å². The van der Waals surface area contributed by atoms with E-state index in [1.54, 1.807) is 30.3 Å². The van der Waals surface area contributed by atoms with Crippen molar-refractivity contribution in [3.05, 3.63) is 59.4 Å². The van der Waals surface area contributed by atoms with Gasteiger partial charge in [0.2, 0.25) is 9.84 Å². The summed E-state index contributed by atoms with van der Waals surface area (Å²) >= 11 is 0. The molecule has 2 aromatic carbocycles. The molecule has 0 spiro atoms. The number of benzene rings is 2. The number of furan rings is 1. The monoisotopic (exact) mass is 327 g/mol. The SMILES string of the molecule is Cc1ccc(S(=O)(=O)c2ccc3oc4c(c3c2)CNCC4)cc1. The van der Waals surface area contributed by atoms with Crippen LogP contribution >= 0.6 is 0 Å². The Hall–Kier alpha value is -2.11. The first kappa shape index (κ1) is 14.5. The predicted molar refractivity (Wildman–Crippen MR) is 88.3 cm³/mol. The molecule has 2 heterocycles. The minimum Gasteiger partial charge on any atom is -0.461 e. The quantitative estimate of drug-likeness (QED) is 0.785. The number of hydrogen-bond acceptors (Lipinski definition) is 4. The van der Waals surface area contributed by atoms with Gasteiger partial charge in [-0.2, -0.15) is 0 Å². The second-order valence-electron chi connectivity index (χ2n) is 5.91. The van der Waals surface area contributed by atoms with Gasteiger partial charge in [-0.15, -0.1) is 0 Å². The van der Waals surface area contributed by atoms with E-state index in [2.05, 4.69) is 5.32 Å². The number of sulfone groups is 1. The summed E-state index contributed by atoms with van der Waals surface area (Å²) in [6.45, 7) is 3.55. The van der Waals surface area contributed by atoms with Crippen LogP contribution in [0.3, 0.4) is 0 Å². The van der Waals surface area contributed by atoms with Gasteiger partial charge in [0.05, 0.1) is 9.79 Å². The van der Waals surface area contributed by atoms with Crippen LogP contribution in [-0.2, 0) is 22.8 Å². The highest BCUT2D eigenvalue weighted by atomic mass is 32.2. The molecule has 4 nitrogen and oxygen atoms in total. The first-order chi connectivity index (χ1) is 11.1. The minimum absolute atomic E-state index is 0.308. The third-order valence-electron chi connectivity index (χ3n) is 4.32. The smallest absolute Gasteiger partial charge is 0.206 e. The Balaban J connectivity index is 1.86. The van der Waals surface area contributed by atoms with E-state index >= 15 is 0 Å². The summed E-state index contributed by atoms with van der Waals surface area (Å²) in [5.41, 5.74) is 2.86. The van der Waals surface area contributed by atoms with E-state index in [4.69, 9.17) is 4.42 Å². The maximum atomic E-state index is 12.8. The van der Waals surface area contributed by atoms with E-state index in [1.807, 2.05) is 19.1 Å². The predicted octanol–water partition coefficient (Wildman–Crippen LogP) is 3.22. The molecule has 0 saturated carbocycles. The topological polar surface area (TPSA) is 59.3 Å². The first-order valence-electron chi connectivity index (χ1n) is 7.62. The molecule has 1 aromatic heterocycles. The Morgan fingerprint density at radius 3 is 2.57 bits per heavy atom. The number of nitrogens with one attached hydrogen (secondary N) is 1. The van der Waals surface area contributed by atoms with E-state index < -0.39 is 9.84 Å². The van der Waals surface area contributed by atoms with Gasteiger partial charge in [0.15, 0.2) is 0 Å². The molecule has 0 bridgehead atoms. The summed E-state index contributed by atoms with van der Waals surface area (Å²) < 4.78 is 31.5. The lowest BCUT2D eigenvalue weighted by atomic mass is 10.1. The van der Waals surface area contributed by atoms with Crippen molar-refractivity contribution in [2.24, 2.45) is 0 Å². The highest BCUT2D eigenvalue weighted by molar-refractivity contribution is 7.91. The van der Waals surface area contributed by atoms with Crippen LogP contribution < -0.4 is 5.32 Å². The molecule has 118 valence electrons. The van der Waals surface area contributed by atoms with Crippen molar-refractivity contribution in [2.75, 3.05) is 6.54 Å². The van der Waals surface area contributed by atoms with Crippen molar-refractivity contribution in [1.82, 2.24) is 5.32 Å². The zero-order chi connectivity index (χ0) is 16.0. The fourth-order valence-corrected chi connectivity index (χ4v) is 4.30. The molecule has 5 heteroatoms. The van der Waals surface area contributed by atoms with Gasteiger partial charge in [-0.1, -0.05) is 17.7 Å². The van der Waals surface area contributed by atoms with Crippen LogP contribution in [0.1, 0.15) is 16.9 Å². The molecule has 1 aliphatic rings. The van der Waals surface area contributed by atoms with Gasteiger partial charge in [0.1, 0.15) is 11.3 Å². The Bertz CT molecular complexity index is 985. The van der Waals surface area contributed by atoms with Crippen LogP contribution in [0.5, 0.6) is 0 Å². The average molecular weight is 327 g/mol. The van der Waals surface area contributed by atoms with Gasteiger partial charge in [-0.3, -0.25) is 0 Å². The molecule has 0 aliphatic carbocycles. The lowest BCUT2D eigenvalue weighted by molar-refractivity contribution is 0.500. The molecular weight excluding hydrogens is 310 g/mol. The van der Waals surface area contributed by atoms with Gasteiger partial charge in [0.25, 0.3) is 0 Å². The molecule has 4 rings (SSSR count). The normalized spacial score (nSPS) is 14.8. The third kappa shape index (κ3) is 2.36. The maximum absolute atomic E-state index is 12.8. The Morgan fingerprint density at radius 2 is 1.78 bits per heavy atom. The van der Waals surface area contributed by atoms with E-state index in [-0.39, 0.29) is 0 Å². The number of hydrogen-bond donors (Lipinski definition) is 1. The minimum atomic E-state index is -3.51. The molecule has 0 unspecified atom stereocenters. The Morgan fingerprint density at radius 1 is 1.04 bits per heavy atom. The van der Waals surface area contributed by atoms with Crippen molar-refractivity contribution in [2.45, 2.75) is 29.7 Å². The van der Waals surface area contributed by atoms with Crippen LogP contribution in [0, 0.1) is 6.92 Å². The zero-order valence-corrected chi connectivity index (χ0v) is 13.6. The lowest BCUT2D eigenvalue weighted by Crippen LogP contribution is -2.22. The molecule has 0 atom stereocenters. The largest absolute Gasteiger partial charge is 0.461 e. The zero-order valence-electron chi connectivity index (χ0n) is 12.8. The van der Waals surface area contributed by atoms with Crippen molar-refractivity contribution in [3.63, 3.8) is 0 Å². The standard InChI is InChI=1S/C18H17NO3S/c1-12-2-4-13(5-3-12)23(20,21)14-6-7-17-15(10-14)16-11-19-9-8-18(16)22-17/h2-7,10,19H,8-9,11H2,1H3. The van der Waals surface area contributed by atoms with E-state index in [1.165, 1.54) is 0 Å². The second kappa shape index (κ2) is 5.22. The summed E-state index contributed by atoms with van der Waals surface area (Å²) in [6, 6.07) is 12.1. The van der Waals surface area contributed by atoms with E-state index in [0.717, 1.165) is 47.4 Å². The lowest BCUT2D eigenvalue weighted by Gasteiger charge is -2.11. The van der Waals surface area contributed by atoms with Crippen LogP contribution in [-0.4, -0.2) is 15.0 Å². The Kier molecular flexibility index (Phi) is 3.28. The van der Waals surface area contributed by atoms with Crippen LogP contribution in [0.4, 0.5) is 0 Å². The Labute approximate surface area is 135 Å². The maximum Gasteiger partial charge on any atom is 0.206 e. The summed E-state index contributed by atoms with van der Waals surface area (Å²) in [4.78, 5) is 0.626.